The van der Waals surface area contributed by atoms with E-state index in [1.54, 1.807) is 28.2 Å². The molecule has 0 aromatic heterocycles. The lowest BCUT2D eigenvalue weighted by Crippen LogP contribution is -2.59. The van der Waals surface area contributed by atoms with Crippen LogP contribution < -0.4 is 11.1 Å². The van der Waals surface area contributed by atoms with Crippen LogP contribution in [0.1, 0.15) is 6.92 Å². The second-order valence-corrected chi connectivity index (χ2v) is 4.21. The summed E-state index contributed by atoms with van der Waals surface area (Å²) in [6, 6.07) is 0. The van der Waals surface area contributed by atoms with Crippen LogP contribution in [0, 0.1) is 0 Å². The molecule has 0 bridgehead atoms. The summed E-state index contributed by atoms with van der Waals surface area (Å²) in [6.45, 7) is 5.03. The number of nitrogens with one attached hydrogen (secondary N) is 1. The minimum Gasteiger partial charge on any atom is -0.383 e. The Hall–Kier alpha value is -0.690. The summed E-state index contributed by atoms with van der Waals surface area (Å²) in [5.41, 5.74) is 4.66. The summed E-state index contributed by atoms with van der Waals surface area (Å²) in [5, 5.41) is 2.96. The summed E-state index contributed by atoms with van der Waals surface area (Å²) >= 11 is 0. The van der Waals surface area contributed by atoms with Gasteiger partial charge in [0.15, 0.2) is 0 Å². The summed E-state index contributed by atoms with van der Waals surface area (Å²) in [7, 11) is 5.04. The lowest BCUT2D eigenvalue weighted by Gasteiger charge is -2.32. The molecule has 0 aliphatic carbocycles. The van der Waals surface area contributed by atoms with Gasteiger partial charge in [-0.2, -0.15) is 0 Å². The van der Waals surface area contributed by atoms with Crippen molar-refractivity contribution in [2.75, 3.05) is 54.1 Å². The molecule has 0 radical (unpaired) electrons. The summed E-state index contributed by atoms with van der Waals surface area (Å²) in [4.78, 5) is 13.5. The number of primary amides is 1. The first-order valence-corrected chi connectivity index (χ1v) is 5.69. The first-order valence-electron chi connectivity index (χ1n) is 5.69. The third-order valence-corrected chi connectivity index (χ3v) is 2.86. The molecule has 0 saturated heterocycles. The second kappa shape index (κ2) is 8.41. The van der Waals surface area contributed by atoms with E-state index in [-0.39, 0.29) is 5.91 Å². The second-order valence-electron chi connectivity index (χ2n) is 4.21. The third kappa shape index (κ3) is 5.97. The molecule has 17 heavy (non-hydrogen) atoms. The number of nitrogens with two attached hydrogens (primary N) is 1. The Morgan fingerprint density at radius 1 is 1.29 bits per heavy atom. The van der Waals surface area contributed by atoms with Crippen LogP contribution >= 0.6 is 0 Å². The van der Waals surface area contributed by atoms with Crippen molar-refractivity contribution in [1.82, 2.24) is 10.2 Å². The lowest BCUT2D eigenvalue weighted by molar-refractivity contribution is -0.124. The standard InChI is InChI=1S/C11H25N3O3/c1-11(13-2,10(12)15)9-14(5-7-16-3)6-8-17-4/h13H,5-9H2,1-4H3,(H2,12,15). The van der Waals surface area contributed by atoms with E-state index in [2.05, 4.69) is 10.2 Å². The molecular weight excluding hydrogens is 222 g/mol. The molecule has 0 fully saturated rings. The van der Waals surface area contributed by atoms with Crippen LogP contribution in [0.25, 0.3) is 0 Å². The van der Waals surface area contributed by atoms with Gasteiger partial charge in [-0.05, 0) is 14.0 Å². The molecule has 1 atom stereocenters. The quantitative estimate of drug-likeness (QED) is 0.520. The van der Waals surface area contributed by atoms with Crippen molar-refractivity contribution in [2.45, 2.75) is 12.5 Å². The van der Waals surface area contributed by atoms with E-state index in [0.29, 0.717) is 19.8 Å². The Bertz CT molecular complexity index is 218. The highest BCUT2D eigenvalue weighted by Crippen LogP contribution is 2.05. The minimum absolute atomic E-state index is 0.361. The minimum atomic E-state index is -0.735. The van der Waals surface area contributed by atoms with Crippen LogP contribution in [-0.2, 0) is 14.3 Å². The van der Waals surface area contributed by atoms with Crippen molar-refractivity contribution in [1.29, 1.82) is 0 Å². The fraction of sp³-hybridized carbons (Fsp3) is 0.909. The van der Waals surface area contributed by atoms with Crippen molar-refractivity contribution in [3.05, 3.63) is 0 Å². The van der Waals surface area contributed by atoms with Crippen molar-refractivity contribution in [3.63, 3.8) is 0 Å². The molecule has 6 heteroatoms. The lowest BCUT2D eigenvalue weighted by atomic mass is 10.0. The smallest absolute Gasteiger partial charge is 0.238 e. The number of rotatable bonds is 10. The number of methoxy groups -OCH3 is 2. The van der Waals surface area contributed by atoms with E-state index >= 15 is 0 Å². The average molecular weight is 247 g/mol. The fourth-order valence-electron chi connectivity index (χ4n) is 1.44. The van der Waals surface area contributed by atoms with Crippen LogP contribution in [0.2, 0.25) is 0 Å². The Balaban J connectivity index is 4.41. The van der Waals surface area contributed by atoms with Gasteiger partial charge in [0.1, 0.15) is 5.54 Å². The summed E-state index contributed by atoms with van der Waals surface area (Å²) in [5.74, 6) is -0.361. The normalized spacial score (nSPS) is 14.9. The van der Waals surface area contributed by atoms with Gasteiger partial charge in [0.25, 0.3) is 0 Å². The number of carbonyl (C=O) groups is 1. The SMILES string of the molecule is CNC(C)(CN(CCOC)CCOC)C(N)=O. The van der Waals surface area contributed by atoms with Gasteiger partial charge in [-0.25, -0.2) is 0 Å². The number of likely N-dealkylation sites (N-methyl/N-ethyl adjacent to an activating group) is 1. The molecule has 0 rings (SSSR count). The maximum absolute atomic E-state index is 11.4. The zero-order valence-electron chi connectivity index (χ0n) is 11.3. The molecule has 0 heterocycles. The highest BCUT2D eigenvalue weighted by Gasteiger charge is 2.31. The molecule has 0 aliphatic heterocycles. The highest BCUT2D eigenvalue weighted by molar-refractivity contribution is 5.84. The van der Waals surface area contributed by atoms with E-state index in [9.17, 15) is 4.79 Å². The molecule has 3 N–H and O–H groups in total. The largest absolute Gasteiger partial charge is 0.383 e. The predicted molar refractivity (Wildman–Crippen MR) is 66.9 cm³/mol. The van der Waals surface area contributed by atoms with Crippen molar-refractivity contribution in [3.8, 4) is 0 Å². The van der Waals surface area contributed by atoms with Gasteiger partial charge in [0.05, 0.1) is 13.2 Å². The van der Waals surface area contributed by atoms with E-state index in [0.717, 1.165) is 13.1 Å². The van der Waals surface area contributed by atoms with Gasteiger partial charge in [-0.3, -0.25) is 9.69 Å². The Kier molecular flexibility index (Phi) is 8.07. The molecule has 6 nitrogen and oxygen atoms in total. The number of hydrogen-bond donors (Lipinski definition) is 2. The Labute approximate surface area is 103 Å². The Morgan fingerprint density at radius 2 is 1.76 bits per heavy atom. The molecule has 0 aromatic rings. The van der Waals surface area contributed by atoms with Gasteiger partial charge in [0.2, 0.25) is 5.91 Å². The number of nitrogens with zero attached hydrogens (tertiary/aromatic N) is 1. The summed E-state index contributed by atoms with van der Waals surface area (Å²) < 4.78 is 10.1. The monoisotopic (exact) mass is 247 g/mol. The topological polar surface area (TPSA) is 76.8 Å². The zero-order valence-corrected chi connectivity index (χ0v) is 11.3. The van der Waals surface area contributed by atoms with Crippen molar-refractivity contribution in [2.24, 2.45) is 5.73 Å². The number of amides is 1. The number of hydrogen-bond acceptors (Lipinski definition) is 5. The van der Waals surface area contributed by atoms with Gasteiger partial charge in [0, 0.05) is 33.9 Å². The third-order valence-electron chi connectivity index (χ3n) is 2.86. The first-order chi connectivity index (χ1) is 8.00. The van der Waals surface area contributed by atoms with Gasteiger partial charge in [-0.1, -0.05) is 0 Å². The number of ether oxygens (including phenoxy) is 2. The molecule has 0 spiro atoms. The predicted octanol–water partition coefficient (Wildman–Crippen LogP) is -0.955. The Morgan fingerprint density at radius 3 is 2.06 bits per heavy atom. The van der Waals surface area contributed by atoms with Crippen LogP contribution in [0.3, 0.4) is 0 Å². The average Bonchev–Trinajstić information content (AvgIpc) is 2.32. The van der Waals surface area contributed by atoms with Crippen LogP contribution in [0.15, 0.2) is 0 Å². The van der Waals surface area contributed by atoms with E-state index in [1.807, 2.05) is 0 Å². The van der Waals surface area contributed by atoms with E-state index in [4.69, 9.17) is 15.2 Å². The van der Waals surface area contributed by atoms with Gasteiger partial charge >= 0.3 is 0 Å². The maximum Gasteiger partial charge on any atom is 0.238 e. The van der Waals surface area contributed by atoms with Gasteiger partial charge < -0.3 is 20.5 Å². The van der Waals surface area contributed by atoms with Gasteiger partial charge in [-0.15, -0.1) is 0 Å². The van der Waals surface area contributed by atoms with Crippen LogP contribution in [0.4, 0.5) is 0 Å². The molecule has 0 aromatic carbocycles. The maximum atomic E-state index is 11.4. The molecule has 0 saturated carbocycles. The van der Waals surface area contributed by atoms with Crippen molar-refractivity contribution >= 4 is 5.91 Å². The highest BCUT2D eigenvalue weighted by atomic mass is 16.5. The van der Waals surface area contributed by atoms with E-state index in [1.165, 1.54) is 0 Å². The molecule has 1 amide bonds. The molecule has 102 valence electrons. The molecule has 1 unspecified atom stereocenters. The van der Waals surface area contributed by atoms with Crippen molar-refractivity contribution < 1.29 is 14.3 Å². The van der Waals surface area contributed by atoms with Crippen LogP contribution in [-0.4, -0.2) is 70.5 Å². The first kappa shape index (κ1) is 16.3. The van der Waals surface area contributed by atoms with E-state index < -0.39 is 5.54 Å². The molecule has 0 aliphatic rings. The van der Waals surface area contributed by atoms with Crippen LogP contribution in [0.5, 0.6) is 0 Å². The number of carbonyl (C=O) groups excluding carboxylic acids is 1. The molecular formula is C11H25N3O3. The fourth-order valence-corrected chi connectivity index (χ4v) is 1.44. The zero-order chi connectivity index (χ0) is 13.3. The summed E-state index contributed by atoms with van der Waals surface area (Å²) in [6.07, 6.45) is 0.